The van der Waals surface area contributed by atoms with Gasteiger partial charge in [0.25, 0.3) is 0 Å². The summed E-state index contributed by atoms with van der Waals surface area (Å²) < 4.78 is 7.00. The van der Waals surface area contributed by atoms with Gasteiger partial charge in [-0.05, 0) is 63.1 Å². The molecule has 1 saturated heterocycles. The number of hydrogen-bond donors (Lipinski definition) is 1. The van der Waals surface area contributed by atoms with Crippen LogP contribution in [0.5, 0.6) is 5.75 Å². The largest absolute Gasteiger partial charge is 0.467 e. The first-order valence-corrected chi connectivity index (χ1v) is 11.6. The minimum atomic E-state index is -0.587. The molecule has 6 rings (SSSR count). The minimum absolute atomic E-state index is 0.0554. The molecule has 1 fully saturated rings. The lowest BCUT2D eigenvalue weighted by Crippen LogP contribution is -2.60. The maximum absolute atomic E-state index is 13.9. The van der Waals surface area contributed by atoms with Crippen molar-refractivity contribution in [2.45, 2.75) is 69.7 Å². The van der Waals surface area contributed by atoms with E-state index in [1.54, 1.807) is 0 Å². The molecule has 1 amide bonds. The van der Waals surface area contributed by atoms with Gasteiger partial charge in [-0.15, -0.1) is 0 Å². The maximum Gasteiger partial charge on any atom is 0.243 e. The number of fused-ring (bicyclic) bond motifs is 7. The number of nitrogens with zero attached hydrogens (tertiary/aromatic N) is 1. The molecule has 3 atom stereocenters. The van der Waals surface area contributed by atoms with Crippen LogP contribution in [-0.4, -0.2) is 23.2 Å². The summed E-state index contributed by atoms with van der Waals surface area (Å²) in [5, 5.41) is 5.66. The van der Waals surface area contributed by atoms with Crippen molar-refractivity contribution in [2.75, 3.05) is 4.90 Å². The van der Waals surface area contributed by atoms with Crippen molar-refractivity contribution in [1.82, 2.24) is 5.32 Å². The molecule has 32 heavy (non-hydrogen) atoms. The highest BCUT2D eigenvalue weighted by Crippen LogP contribution is 2.65. The van der Waals surface area contributed by atoms with E-state index in [1.807, 2.05) is 20.8 Å². The topological polar surface area (TPSA) is 41.6 Å². The number of hydrogen-bond acceptors (Lipinski definition) is 3. The van der Waals surface area contributed by atoms with Crippen LogP contribution in [0.4, 0.5) is 5.69 Å². The van der Waals surface area contributed by atoms with E-state index in [0.717, 1.165) is 17.9 Å². The normalized spacial score (nSPS) is 26.8. The molecule has 1 spiro atoms. The van der Waals surface area contributed by atoms with E-state index >= 15 is 0 Å². The number of benzene rings is 3. The van der Waals surface area contributed by atoms with Gasteiger partial charge in [0, 0.05) is 29.1 Å². The molecule has 164 valence electrons. The molecule has 1 N–H and O–H groups in total. The minimum Gasteiger partial charge on any atom is -0.467 e. The Hall–Kier alpha value is -3.01. The zero-order valence-electron chi connectivity index (χ0n) is 19.4. The Kier molecular flexibility index (Phi) is 3.72. The van der Waals surface area contributed by atoms with E-state index in [-0.39, 0.29) is 28.8 Å². The van der Waals surface area contributed by atoms with Crippen LogP contribution in [0.25, 0.3) is 10.8 Å². The number of rotatable bonds is 1. The lowest BCUT2D eigenvalue weighted by molar-refractivity contribution is -0.124. The summed E-state index contributed by atoms with van der Waals surface area (Å²) in [6, 6.07) is 20.9. The summed E-state index contributed by atoms with van der Waals surface area (Å²) in [4.78, 5) is 16.2. The molecular formula is C28H30N2O2. The molecule has 2 bridgehead atoms. The van der Waals surface area contributed by atoms with Crippen molar-refractivity contribution in [2.24, 2.45) is 0 Å². The molecule has 3 aromatic rings. The number of carbonyl (C=O) groups is 1. The van der Waals surface area contributed by atoms with Gasteiger partial charge in [0.15, 0.2) is 5.72 Å². The molecule has 0 aliphatic carbocycles. The number of anilines is 1. The second-order valence-electron chi connectivity index (χ2n) is 11.1. The van der Waals surface area contributed by atoms with Crippen LogP contribution in [0.2, 0.25) is 0 Å². The van der Waals surface area contributed by atoms with Crippen LogP contribution >= 0.6 is 0 Å². The Bertz CT molecular complexity index is 1270. The van der Waals surface area contributed by atoms with Crippen LogP contribution in [0, 0.1) is 0 Å². The van der Waals surface area contributed by atoms with E-state index in [9.17, 15) is 4.79 Å². The van der Waals surface area contributed by atoms with Crippen LogP contribution in [0.15, 0.2) is 60.7 Å². The van der Waals surface area contributed by atoms with Crippen molar-refractivity contribution in [3.63, 3.8) is 0 Å². The summed E-state index contributed by atoms with van der Waals surface area (Å²) in [5.74, 6) is 1.04. The highest BCUT2D eigenvalue weighted by molar-refractivity contribution is 5.95. The Morgan fingerprint density at radius 1 is 1.03 bits per heavy atom. The second-order valence-corrected chi connectivity index (χ2v) is 11.1. The fraction of sp³-hybridized carbons (Fsp3) is 0.393. The zero-order chi connectivity index (χ0) is 22.5. The highest BCUT2D eigenvalue weighted by Gasteiger charge is 2.70. The molecule has 3 aliphatic heterocycles. The quantitative estimate of drug-likeness (QED) is 0.559. The van der Waals surface area contributed by atoms with Crippen molar-refractivity contribution in [3.05, 3.63) is 71.8 Å². The average Bonchev–Trinajstić information content (AvgIpc) is 3.11. The van der Waals surface area contributed by atoms with Gasteiger partial charge >= 0.3 is 0 Å². The summed E-state index contributed by atoms with van der Waals surface area (Å²) in [7, 11) is 0. The second kappa shape index (κ2) is 6.06. The predicted octanol–water partition coefficient (Wildman–Crippen LogP) is 5.50. The van der Waals surface area contributed by atoms with Gasteiger partial charge < -0.3 is 15.0 Å². The summed E-state index contributed by atoms with van der Waals surface area (Å²) in [6.07, 6.45) is 0.790. The number of nitrogens with one attached hydrogen (secondary N) is 1. The van der Waals surface area contributed by atoms with Gasteiger partial charge in [-0.3, -0.25) is 4.79 Å². The SMILES string of the molecule is CC(C)(C)NC(=O)[C@@H]1[C@@H]2C[C@]3(Oc4ccc5ccccc5c42)N1c1ccccc1C3(C)C. The third kappa shape index (κ3) is 2.35. The molecule has 0 unspecified atom stereocenters. The molecular weight excluding hydrogens is 396 g/mol. The van der Waals surface area contributed by atoms with Crippen molar-refractivity contribution in [1.29, 1.82) is 0 Å². The molecule has 0 saturated carbocycles. The van der Waals surface area contributed by atoms with E-state index in [1.165, 1.54) is 21.9 Å². The van der Waals surface area contributed by atoms with Gasteiger partial charge in [-0.2, -0.15) is 0 Å². The third-order valence-electron chi connectivity index (χ3n) is 7.71. The number of amides is 1. The van der Waals surface area contributed by atoms with Crippen LogP contribution in [0.1, 0.15) is 58.1 Å². The maximum atomic E-state index is 13.9. The van der Waals surface area contributed by atoms with Crippen molar-refractivity contribution in [3.8, 4) is 5.75 Å². The molecule has 0 aromatic heterocycles. The Morgan fingerprint density at radius 3 is 2.53 bits per heavy atom. The standard InChI is InChI=1S/C28H30N2O2/c1-26(2,3)29-25(31)24-19-16-28(27(4,5)20-12-8-9-13-21(20)30(24)28)32-22-15-14-17-10-6-7-11-18(17)23(19)22/h6-15,19,24H,16H2,1-5H3,(H,29,31)/t19-,24+,28-/m1/s1. The van der Waals surface area contributed by atoms with Gasteiger partial charge in [0.2, 0.25) is 5.91 Å². The lowest BCUT2D eigenvalue weighted by Gasteiger charge is -2.45. The van der Waals surface area contributed by atoms with E-state index in [0.29, 0.717) is 0 Å². The molecule has 3 aromatic carbocycles. The molecule has 3 heterocycles. The predicted molar refractivity (Wildman–Crippen MR) is 128 cm³/mol. The highest BCUT2D eigenvalue weighted by atomic mass is 16.5. The Labute approximate surface area is 189 Å². The first-order valence-electron chi connectivity index (χ1n) is 11.6. The van der Waals surface area contributed by atoms with Gasteiger partial charge in [0.1, 0.15) is 11.8 Å². The summed E-state index contributed by atoms with van der Waals surface area (Å²) >= 11 is 0. The summed E-state index contributed by atoms with van der Waals surface area (Å²) in [5.41, 5.74) is 2.38. The van der Waals surface area contributed by atoms with Gasteiger partial charge in [-0.1, -0.05) is 48.5 Å². The monoisotopic (exact) mass is 426 g/mol. The fourth-order valence-corrected chi connectivity index (χ4v) is 6.39. The van der Waals surface area contributed by atoms with Crippen LogP contribution in [-0.2, 0) is 10.2 Å². The third-order valence-corrected chi connectivity index (χ3v) is 7.71. The van der Waals surface area contributed by atoms with Crippen LogP contribution in [0.3, 0.4) is 0 Å². The van der Waals surface area contributed by atoms with E-state index in [2.05, 4.69) is 84.7 Å². The molecule has 4 heteroatoms. The smallest absolute Gasteiger partial charge is 0.243 e. The van der Waals surface area contributed by atoms with Crippen LogP contribution < -0.4 is 15.0 Å². The number of ether oxygens (including phenoxy) is 1. The average molecular weight is 427 g/mol. The summed E-state index contributed by atoms with van der Waals surface area (Å²) in [6.45, 7) is 10.7. The van der Waals surface area contributed by atoms with Gasteiger partial charge in [-0.25, -0.2) is 0 Å². The van der Waals surface area contributed by atoms with E-state index in [4.69, 9.17) is 4.74 Å². The first-order chi connectivity index (χ1) is 15.1. The van der Waals surface area contributed by atoms with Gasteiger partial charge in [0.05, 0.1) is 5.41 Å². The van der Waals surface area contributed by atoms with E-state index < -0.39 is 5.72 Å². The Morgan fingerprint density at radius 2 is 1.75 bits per heavy atom. The zero-order valence-corrected chi connectivity index (χ0v) is 19.4. The lowest BCUT2D eigenvalue weighted by atomic mass is 9.72. The van der Waals surface area contributed by atoms with Crippen molar-refractivity contribution < 1.29 is 9.53 Å². The van der Waals surface area contributed by atoms with Crippen molar-refractivity contribution >= 4 is 22.4 Å². The Balaban J connectivity index is 1.62. The fourth-order valence-electron chi connectivity index (χ4n) is 6.39. The molecule has 3 aliphatic rings. The number of para-hydroxylation sites is 1. The molecule has 4 nitrogen and oxygen atoms in total. The first kappa shape index (κ1) is 19.7. The molecule has 0 radical (unpaired) electrons. The number of carbonyl (C=O) groups excluding carboxylic acids is 1.